The fraction of sp³-hybridized carbons (Fsp3) is 0.308. The summed E-state index contributed by atoms with van der Waals surface area (Å²) >= 11 is 3.51. The minimum Gasteiger partial charge on any atom is -0.253 e. The van der Waals surface area contributed by atoms with Crippen molar-refractivity contribution in [3.8, 4) is 0 Å². The lowest BCUT2D eigenvalue weighted by Crippen LogP contribution is -1.94. The van der Waals surface area contributed by atoms with E-state index in [1.165, 1.54) is 10.9 Å². The Kier molecular flexibility index (Phi) is 3.06. The first kappa shape index (κ1) is 10.6. The van der Waals surface area contributed by atoms with E-state index in [-0.39, 0.29) is 0 Å². The Balaban J connectivity index is 2.52. The van der Waals surface area contributed by atoms with Crippen LogP contribution >= 0.6 is 15.9 Å². The Morgan fingerprint density at radius 1 is 1.27 bits per heavy atom. The van der Waals surface area contributed by atoms with Crippen molar-refractivity contribution in [1.82, 2.24) is 4.98 Å². The Morgan fingerprint density at radius 2 is 2.07 bits per heavy atom. The van der Waals surface area contributed by atoms with Gasteiger partial charge < -0.3 is 0 Å². The molecule has 78 valence electrons. The number of benzene rings is 1. The topological polar surface area (TPSA) is 12.9 Å². The number of pyridine rings is 1. The lowest BCUT2D eigenvalue weighted by Gasteiger charge is -2.09. The van der Waals surface area contributed by atoms with Crippen molar-refractivity contribution < 1.29 is 0 Å². The average Bonchev–Trinajstić information content (AvgIpc) is 2.27. The summed E-state index contributed by atoms with van der Waals surface area (Å²) in [4.78, 5) is 4.49. The summed E-state index contributed by atoms with van der Waals surface area (Å²) in [6.07, 6.45) is 0. The van der Waals surface area contributed by atoms with Crippen LogP contribution in [0, 0.1) is 6.92 Å². The molecule has 0 aliphatic rings. The van der Waals surface area contributed by atoms with E-state index in [0.717, 1.165) is 16.5 Å². The molecule has 1 nitrogen and oxygen atoms in total. The first-order chi connectivity index (χ1) is 7.20. The predicted molar refractivity (Wildman–Crippen MR) is 68.7 cm³/mol. The maximum atomic E-state index is 4.49. The molecule has 0 bridgehead atoms. The molecule has 1 aromatic carbocycles. The summed E-state index contributed by atoms with van der Waals surface area (Å²) in [6, 6.07) is 10.7. The van der Waals surface area contributed by atoms with E-state index in [1.54, 1.807) is 0 Å². The smallest absolute Gasteiger partial charge is 0.0705 e. The summed E-state index contributed by atoms with van der Waals surface area (Å²) in [5, 5.41) is 2.23. The highest BCUT2D eigenvalue weighted by molar-refractivity contribution is 9.09. The summed E-state index contributed by atoms with van der Waals surface area (Å²) in [5.41, 5.74) is 3.52. The molecule has 0 N–H and O–H groups in total. The Bertz CT molecular complexity index is 479. The summed E-state index contributed by atoms with van der Waals surface area (Å²) in [6.45, 7) is 4.24. The highest BCUT2D eigenvalue weighted by Crippen LogP contribution is 2.22. The molecule has 0 aliphatic carbocycles. The number of rotatable bonds is 2. The number of alkyl halides is 1. The van der Waals surface area contributed by atoms with Crippen LogP contribution in [0.1, 0.15) is 24.1 Å². The van der Waals surface area contributed by atoms with Gasteiger partial charge in [0.25, 0.3) is 0 Å². The summed E-state index contributed by atoms with van der Waals surface area (Å²) in [7, 11) is 0. The molecular formula is C13H14BrN. The lowest BCUT2D eigenvalue weighted by molar-refractivity contribution is 0.890. The number of hydrogen-bond donors (Lipinski definition) is 0. The van der Waals surface area contributed by atoms with E-state index in [2.05, 4.69) is 58.2 Å². The Morgan fingerprint density at radius 3 is 2.80 bits per heavy atom. The lowest BCUT2D eigenvalue weighted by atomic mass is 10.0. The monoisotopic (exact) mass is 263 g/mol. The highest BCUT2D eigenvalue weighted by Gasteiger charge is 2.04. The van der Waals surface area contributed by atoms with Crippen LogP contribution in [0.2, 0.25) is 0 Å². The molecule has 1 unspecified atom stereocenters. The molecule has 15 heavy (non-hydrogen) atoms. The van der Waals surface area contributed by atoms with Gasteiger partial charge in [0.1, 0.15) is 0 Å². The molecule has 0 aliphatic heterocycles. The third-order valence-electron chi connectivity index (χ3n) is 2.65. The molecule has 0 saturated carbocycles. The second-order valence-corrected chi connectivity index (χ2v) is 4.61. The van der Waals surface area contributed by atoms with Gasteiger partial charge in [-0.05, 0) is 36.6 Å². The maximum absolute atomic E-state index is 4.49. The maximum Gasteiger partial charge on any atom is 0.0705 e. The second-order valence-electron chi connectivity index (χ2n) is 3.96. The van der Waals surface area contributed by atoms with Crippen molar-refractivity contribution in [2.24, 2.45) is 0 Å². The Labute approximate surface area is 98.7 Å². The van der Waals surface area contributed by atoms with E-state index < -0.39 is 0 Å². The van der Waals surface area contributed by atoms with Crippen LogP contribution in [0.4, 0.5) is 0 Å². The molecule has 2 rings (SSSR count). The molecule has 0 saturated heterocycles. The predicted octanol–water partition coefficient (Wildman–Crippen LogP) is 4.04. The molecule has 0 radical (unpaired) electrons. The van der Waals surface area contributed by atoms with Gasteiger partial charge in [0, 0.05) is 16.4 Å². The number of fused-ring (bicyclic) bond motifs is 1. The van der Waals surface area contributed by atoms with Crippen LogP contribution in [-0.4, -0.2) is 10.3 Å². The standard InChI is InChI=1S/C13H14BrN/c1-9(8-14)11-5-6-13-12(7-11)4-3-10(2)15-13/h3-7,9H,8H2,1-2H3. The molecule has 1 aromatic heterocycles. The van der Waals surface area contributed by atoms with E-state index in [0.29, 0.717) is 5.92 Å². The largest absolute Gasteiger partial charge is 0.253 e. The van der Waals surface area contributed by atoms with Crippen molar-refractivity contribution in [3.05, 3.63) is 41.6 Å². The van der Waals surface area contributed by atoms with Gasteiger partial charge in [-0.3, -0.25) is 4.98 Å². The molecule has 1 heterocycles. The fourth-order valence-corrected chi connectivity index (χ4v) is 2.02. The van der Waals surface area contributed by atoms with Gasteiger partial charge in [-0.2, -0.15) is 0 Å². The molecule has 0 spiro atoms. The van der Waals surface area contributed by atoms with Crippen LogP contribution in [0.15, 0.2) is 30.3 Å². The normalized spacial score (nSPS) is 13.0. The number of aryl methyl sites for hydroxylation is 1. The number of hydrogen-bond acceptors (Lipinski definition) is 1. The molecule has 0 fully saturated rings. The zero-order valence-corrected chi connectivity index (χ0v) is 10.6. The van der Waals surface area contributed by atoms with Gasteiger partial charge in [-0.15, -0.1) is 0 Å². The minimum atomic E-state index is 0.552. The van der Waals surface area contributed by atoms with E-state index in [1.807, 2.05) is 6.92 Å². The van der Waals surface area contributed by atoms with Crippen molar-refractivity contribution in [3.63, 3.8) is 0 Å². The Hall–Kier alpha value is -0.890. The van der Waals surface area contributed by atoms with Crippen LogP contribution < -0.4 is 0 Å². The van der Waals surface area contributed by atoms with Gasteiger partial charge in [0.15, 0.2) is 0 Å². The third kappa shape index (κ3) is 2.20. The van der Waals surface area contributed by atoms with Gasteiger partial charge in [0.05, 0.1) is 5.52 Å². The van der Waals surface area contributed by atoms with E-state index in [4.69, 9.17) is 0 Å². The van der Waals surface area contributed by atoms with Crippen molar-refractivity contribution >= 4 is 26.8 Å². The fourth-order valence-electron chi connectivity index (χ4n) is 1.64. The quantitative estimate of drug-likeness (QED) is 0.746. The highest BCUT2D eigenvalue weighted by atomic mass is 79.9. The molecule has 0 amide bonds. The first-order valence-corrected chi connectivity index (χ1v) is 6.26. The second kappa shape index (κ2) is 4.31. The minimum absolute atomic E-state index is 0.552. The van der Waals surface area contributed by atoms with Gasteiger partial charge in [0.2, 0.25) is 0 Å². The van der Waals surface area contributed by atoms with Gasteiger partial charge in [-0.1, -0.05) is 35.0 Å². The third-order valence-corrected chi connectivity index (χ3v) is 3.62. The van der Waals surface area contributed by atoms with Gasteiger partial charge >= 0.3 is 0 Å². The summed E-state index contributed by atoms with van der Waals surface area (Å²) in [5.74, 6) is 0.552. The number of aromatic nitrogens is 1. The van der Waals surface area contributed by atoms with E-state index in [9.17, 15) is 0 Å². The van der Waals surface area contributed by atoms with Crippen molar-refractivity contribution in [2.75, 3.05) is 5.33 Å². The molecule has 2 heteroatoms. The van der Waals surface area contributed by atoms with Crippen LogP contribution in [0.3, 0.4) is 0 Å². The van der Waals surface area contributed by atoms with Crippen LogP contribution in [0.5, 0.6) is 0 Å². The SMILES string of the molecule is Cc1ccc2cc(C(C)CBr)ccc2n1. The average molecular weight is 264 g/mol. The zero-order valence-electron chi connectivity index (χ0n) is 9.00. The van der Waals surface area contributed by atoms with Crippen LogP contribution in [-0.2, 0) is 0 Å². The first-order valence-electron chi connectivity index (χ1n) is 5.14. The summed E-state index contributed by atoms with van der Waals surface area (Å²) < 4.78 is 0. The van der Waals surface area contributed by atoms with Gasteiger partial charge in [-0.25, -0.2) is 0 Å². The number of halogens is 1. The molecule has 1 atom stereocenters. The van der Waals surface area contributed by atoms with Crippen LogP contribution in [0.25, 0.3) is 10.9 Å². The molecule has 2 aromatic rings. The van der Waals surface area contributed by atoms with E-state index >= 15 is 0 Å². The van der Waals surface area contributed by atoms with Crippen molar-refractivity contribution in [1.29, 1.82) is 0 Å². The number of nitrogens with zero attached hydrogens (tertiary/aromatic N) is 1. The molecular weight excluding hydrogens is 250 g/mol. The zero-order chi connectivity index (χ0) is 10.8. The van der Waals surface area contributed by atoms with Crippen molar-refractivity contribution in [2.45, 2.75) is 19.8 Å².